The fourth-order valence-electron chi connectivity index (χ4n) is 2.59. The number of hydrogen-bond donors (Lipinski definition) is 2. The standard InChI is InChI=1S/C21H18N4O3/c1-27-18-8-6-17(7-9-18)24-21(26)15(12-22)10-16-13-23-25-20(16)14-4-3-5-19(11-14)28-2/h3-11,13H,1-2H3,(H,23,25)(H,24,26). The van der Waals surface area contributed by atoms with Crippen molar-refractivity contribution >= 4 is 17.7 Å². The number of nitrogens with one attached hydrogen (secondary N) is 2. The number of methoxy groups -OCH3 is 2. The summed E-state index contributed by atoms with van der Waals surface area (Å²) in [5, 5.41) is 19.1. The number of benzene rings is 2. The predicted octanol–water partition coefficient (Wildman–Crippen LogP) is 3.64. The third-order valence-corrected chi connectivity index (χ3v) is 4.04. The number of carbonyl (C=O) groups excluding carboxylic acids is 1. The topological polar surface area (TPSA) is 100 Å². The second-order valence-corrected chi connectivity index (χ2v) is 5.78. The summed E-state index contributed by atoms with van der Waals surface area (Å²) in [6.07, 6.45) is 3.06. The number of hydrogen-bond acceptors (Lipinski definition) is 5. The van der Waals surface area contributed by atoms with Gasteiger partial charge in [0, 0.05) is 16.8 Å². The Balaban J connectivity index is 1.85. The number of carbonyl (C=O) groups is 1. The average molecular weight is 374 g/mol. The highest BCUT2D eigenvalue weighted by molar-refractivity contribution is 6.10. The second-order valence-electron chi connectivity index (χ2n) is 5.78. The minimum Gasteiger partial charge on any atom is -0.497 e. The van der Waals surface area contributed by atoms with Crippen molar-refractivity contribution in [2.75, 3.05) is 19.5 Å². The maximum Gasteiger partial charge on any atom is 0.266 e. The summed E-state index contributed by atoms with van der Waals surface area (Å²) in [6.45, 7) is 0. The first-order valence-corrected chi connectivity index (χ1v) is 8.39. The zero-order valence-electron chi connectivity index (χ0n) is 15.4. The van der Waals surface area contributed by atoms with Crippen molar-refractivity contribution in [3.05, 3.63) is 65.9 Å². The van der Waals surface area contributed by atoms with E-state index in [9.17, 15) is 10.1 Å². The molecule has 7 heteroatoms. The van der Waals surface area contributed by atoms with E-state index in [0.29, 0.717) is 28.4 Å². The number of amides is 1. The lowest BCUT2D eigenvalue weighted by Crippen LogP contribution is -2.13. The molecule has 140 valence electrons. The van der Waals surface area contributed by atoms with Crippen molar-refractivity contribution in [1.82, 2.24) is 10.2 Å². The highest BCUT2D eigenvalue weighted by Crippen LogP contribution is 2.26. The molecule has 28 heavy (non-hydrogen) atoms. The quantitative estimate of drug-likeness (QED) is 0.507. The molecule has 0 saturated heterocycles. The fraction of sp³-hybridized carbons (Fsp3) is 0.0952. The lowest BCUT2D eigenvalue weighted by atomic mass is 10.1. The maximum atomic E-state index is 12.5. The normalized spacial score (nSPS) is 10.8. The van der Waals surface area contributed by atoms with Crippen molar-refractivity contribution in [3.63, 3.8) is 0 Å². The predicted molar refractivity (Wildman–Crippen MR) is 106 cm³/mol. The van der Waals surface area contributed by atoms with E-state index in [4.69, 9.17) is 9.47 Å². The Morgan fingerprint density at radius 1 is 1.14 bits per heavy atom. The Hall–Kier alpha value is -4.05. The Labute approximate surface area is 162 Å². The van der Waals surface area contributed by atoms with Crippen LogP contribution >= 0.6 is 0 Å². The minimum absolute atomic E-state index is 0.0404. The van der Waals surface area contributed by atoms with Crippen LogP contribution in [0.2, 0.25) is 0 Å². The molecule has 3 rings (SSSR count). The van der Waals surface area contributed by atoms with Gasteiger partial charge < -0.3 is 14.8 Å². The number of aromatic nitrogens is 2. The Morgan fingerprint density at radius 2 is 1.89 bits per heavy atom. The molecule has 0 atom stereocenters. The second kappa shape index (κ2) is 8.56. The average Bonchev–Trinajstić information content (AvgIpc) is 3.20. The zero-order valence-corrected chi connectivity index (χ0v) is 15.4. The molecule has 0 aliphatic carbocycles. The fourth-order valence-corrected chi connectivity index (χ4v) is 2.59. The highest BCUT2D eigenvalue weighted by Gasteiger charge is 2.13. The minimum atomic E-state index is -0.509. The van der Waals surface area contributed by atoms with Gasteiger partial charge in [-0.15, -0.1) is 0 Å². The molecule has 0 saturated carbocycles. The van der Waals surface area contributed by atoms with E-state index in [1.165, 1.54) is 6.08 Å². The number of H-pyrrole nitrogens is 1. The van der Waals surface area contributed by atoms with Gasteiger partial charge >= 0.3 is 0 Å². The monoisotopic (exact) mass is 374 g/mol. The molecule has 1 amide bonds. The molecule has 3 aromatic rings. The number of anilines is 1. The van der Waals surface area contributed by atoms with E-state index in [1.54, 1.807) is 44.7 Å². The number of ether oxygens (including phenoxy) is 2. The molecular formula is C21H18N4O3. The Kier molecular flexibility index (Phi) is 5.72. The van der Waals surface area contributed by atoms with Gasteiger partial charge in [-0.3, -0.25) is 9.89 Å². The molecule has 0 unspecified atom stereocenters. The summed E-state index contributed by atoms with van der Waals surface area (Å²) in [7, 11) is 3.15. The molecule has 0 bridgehead atoms. The molecule has 1 aromatic heterocycles. The van der Waals surface area contributed by atoms with Gasteiger partial charge in [0.05, 0.1) is 26.1 Å². The van der Waals surface area contributed by atoms with Gasteiger partial charge in [0.2, 0.25) is 0 Å². The summed E-state index contributed by atoms with van der Waals surface area (Å²) in [5.41, 5.74) is 2.66. The van der Waals surface area contributed by atoms with Gasteiger partial charge in [-0.25, -0.2) is 0 Å². The molecule has 0 fully saturated rings. The third-order valence-electron chi connectivity index (χ3n) is 4.04. The first-order chi connectivity index (χ1) is 13.6. The van der Waals surface area contributed by atoms with Gasteiger partial charge in [-0.1, -0.05) is 12.1 Å². The highest BCUT2D eigenvalue weighted by atomic mass is 16.5. The first kappa shape index (κ1) is 18.7. The van der Waals surface area contributed by atoms with Gasteiger partial charge in [0.1, 0.15) is 23.1 Å². The van der Waals surface area contributed by atoms with E-state index >= 15 is 0 Å². The molecular weight excluding hydrogens is 356 g/mol. The van der Waals surface area contributed by atoms with Gasteiger partial charge in [-0.05, 0) is 42.5 Å². The largest absolute Gasteiger partial charge is 0.497 e. The van der Waals surface area contributed by atoms with Crippen LogP contribution in [-0.4, -0.2) is 30.3 Å². The van der Waals surface area contributed by atoms with Crippen molar-refractivity contribution in [2.24, 2.45) is 0 Å². The van der Waals surface area contributed by atoms with Gasteiger partial charge in [0.25, 0.3) is 5.91 Å². The van der Waals surface area contributed by atoms with Crippen LogP contribution in [0.15, 0.2) is 60.3 Å². The molecule has 1 heterocycles. The Morgan fingerprint density at radius 3 is 2.57 bits per heavy atom. The van der Waals surface area contributed by atoms with Crippen LogP contribution in [-0.2, 0) is 4.79 Å². The van der Waals surface area contributed by atoms with Gasteiger partial charge in [0.15, 0.2) is 0 Å². The van der Waals surface area contributed by atoms with Crippen LogP contribution < -0.4 is 14.8 Å². The van der Waals surface area contributed by atoms with Crippen LogP contribution in [0.3, 0.4) is 0 Å². The van der Waals surface area contributed by atoms with Crippen LogP contribution in [0, 0.1) is 11.3 Å². The SMILES string of the molecule is COc1ccc(NC(=O)C(C#N)=Cc2cn[nH]c2-c2cccc(OC)c2)cc1. The number of aromatic amines is 1. The van der Waals surface area contributed by atoms with Crippen LogP contribution in [0.5, 0.6) is 11.5 Å². The van der Waals surface area contributed by atoms with E-state index in [0.717, 1.165) is 5.56 Å². The Bertz CT molecular complexity index is 1050. The van der Waals surface area contributed by atoms with Crippen LogP contribution in [0.25, 0.3) is 17.3 Å². The molecule has 2 N–H and O–H groups in total. The smallest absolute Gasteiger partial charge is 0.266 e. The summed E-state index contributed by atoms with van der Waals surface area (Å²) in [5.74, 6) is 0.862. The van der Waals surface area contributed by atoms with E-state index < -0.39 is 5.91 Å². The molecule has 0 radical (unpaired) electrons. The number of nitriles is 1. The van der Waals surface area contributed by atoms with E-state index in [2.05, 4.69) is 15.5 Å². The lowest BCUT2D eigenvalue weighted by Gasteiger charge is -2.06. The molecule has 7 nitrogen and oxygen atoms in total. The van der Waals surface area contributed by atoms with Crippen molar-refractivity contribution in [1.29, 1.82) is 5.26 Å². The molecule has 0 spiro atoms. The molecule has 2 aromatic carbocycles. The summed E-state index contributed by atoms with van der Waals surface area (Å²) < 4.78 is 10.3. The van der Waals surface area contributed by atoms with E-state index in [-0.39, 0.29) is 5.57 Å². The number of nitrogens with zero attached hydrogens (tertiary/aromatic N) is 2. The van der Waals surface area contributed by atoms with Crippen molar-refractivity contribution in [3.8, 4) is 28.8 Å². The van der Waals surface area contributed by atoms with Crippen molar-refractivity contribution < 1.29 is 14.3 Å². The van der Waals surface area contributed by atoms with Crippen LogP contribution in [0.1, 0.15) is 5.56 Å². The third kappa shape index (κ3) is 4.19. The van der Waals surface area contributed by atoms with Gasteiger partial charge in [-0.2, -0.15) is 10.4 Å². The first-order valence-electron chi connectivity index (χ1n) is 8.39. The summed E-state index contributed by atoms with van der Waals surface area (Å²) in [6, 6.07) is 16.2. The molecule has 0 aliphatic rings. The lowest BCUT2D eigenvalue weighted by molar-refractivity contribution is -0.112. The van der Waals surface area contributed by atoms with Crippen molar-refractivity contribution in [2.45, 2.75) is 0 Å². The zero-order chi connectivity index (χ0) is 19.9. The van der Waals surface area contributed by atoms with Crippen LogP contribution in [0.4, 0.5) is 5.69 Å². The maximum absolute atomic E-state index is 12.5. The summed E-state index contributed by atoms with van der Waals surface area (Å²) in [4.78, 5) is 12.5. The van der Waals surface area contributed by atoms with E-state index in [1.807, 2.05) is 30.3 Å². The number of rotatable bonds is 6. The molecule has 0 aliphatic heterocycles. The summed E-state index contributed by atoms with van der Waals surface area (Å²) >= 11 is 0.